The SMILES string of the molecule is COC(=O)C[C@H](C(=O)NN(Cc1c(F)cc(-c2ccn(C(F)F)n2)cc1F)C[C@H](O)[C@H](Cc1ccc(C#Cc2ccc(N3CC4CCC(C3)N4)nc2)cc1)NC(=O)[C@@H](NC(=O)OC)C(C)(C)C(F)(F)F)C(C)(C)C(F)(F)F. The van der Waals surface area contributed by atoms with Crippen LogP contribution in [0.25, 0.3) is 11.3 Å². The first-order valence-corrected chi connectivity index (χ1v) is 24.0. The Balaban J connectivity index is 1.34. The van der Waals surface area contributed by atoms with Gasteiger partial charge in [0.25, 0.3) is 0 Å². The van der Waals surface area contributed by atoms with Crippen LogP contribution in [0.1, 0.15) is 75.8 Å². The smallest absolute Gasteiger partial charge is 0.407 e. The van der Waals surface area contributed by atoms with Crippen molar-refractivity contribution >= 4 is 29.7 Å². The molecule has 0 saturated carbocycles. The minimum Gasteiger partial charge on any atom is -0.469 e. The summed E-state index contributed by atoms with van der Waals surface area (Å²) in [6, 6.07) is 8.74. The molecule has 0 spiro atoms. The third kappa shape index (κ3) is 14.5. The number of halogens is 10. The number of piperazine rings is 1. The number of hydrazine groups is 1. The van der Waals surface area contributed by atoms with E-state index in [0.717, 1.165) is 58.2 Å². The Morgan fingerprint density at radius 2 is 1.43 bits per heavy atom. The van der Waals surface area contributed by atoms with Crippen LogP contribution >= 0.6 is 0 Å². The summed E-state index contributed by atoms with van der Waals surface area (Å²) in [7, 11) is 1.67. The normalized spacial score (nSPS) is 17.5. The topological polar surface area (TPSA) is 192 Å². The van der Waals surface area contributed by atoms with Crippen molar-refractivity contribution in [3.63, 3.8) is 0 Å². The molecule has 418 valence electrons. The van der Waals surface area contributed by atoms with Crippen molar-refractivity contribution in [2.24, 2.45) is 16.7 Å². The summed E-state index contributed by atoms with van der Waals surface area (Å²) < 4.78 is 155. The summed E-state index contributed by atoms with van der Waals surface area (Å²) >= 11 is 0. The molecule has 26 heteroatoms. The van der Waals surface area contributed by atoms with Crippen LogP contribution in [0, 0.1) is 40.2 Å². The van der Waals surface area contributed by atoms with Crippen LogP contribution in [0.5, 0.6) is 0 Å². The lowest BCUT2D eigenvalue weighted by molar-refractivity contribution is -0.231. The number of alkyl carbamates (subject to hydrolysis) is 1. The van der Waals surface area contributed by atoms with Gasteiger partial charge in [-0.3, -0.25) is 19.8 Å². The van der Waals surface area contributed by atoms with E-state index in [4.69, 9.17) is 0 Å². The van der Waals surface area contributed by atoms with Crippen LogP contribution in [0.4, 0.5) is 54.5 Å². The molecule has 5 N–H and O–H groups in total. The molecule has 16 nitrogen and oxygen atoms in total. The first-order chi connectivity index (χ1) is 36.0. The molecule has 2 aromatic carbocycles. The van der Waals surface area contributed by atoms with Crippen molar-refractivity contribution < 1.29 is 77.7 Å². The van der Waals surface area contributed by atoms with Crippen molar-refractivity contribution in [3.8, 4) is 23.1 Å². The number of benzene rings is 2. The predicted octanol–water partition coefficient (Wildman–Crippen LogP) is 6.96. The second-order valence-electron chi connectivity index (χ2n) is 19.9. The maximum atomic E-state index is 16.0. The van der Waals surface area contributed by atoms with E-state index in [1.54, 1.807) is 18.3 Å². The Bertz CT molecular complexity index is 2760. The zero-order chi connectivity index (χ0) is 56.8. The minimum atomic E-state index is -5.17. The molecule has 2 saturated heterocycles. The Morgan fingerprint density at radius 1 is 0.831 bits per heavy atom. The summed E-state index contributed by atoms with van der Waals surface area (Å²) in [5.74, 6) is -2.69. The number of amides is 3. The van der Waals surface area contributed by atoms with E-state index >= 15 is 8.78 Å². The summed E-state index contributed by atoms with van der Waals surface area (Å²) in [5, 5.41) is 23.9. The van der Waals surface area contributed by atoms with Gasteiger partial charge in [0.05, 0.1) is 55.2 Å². The molecular formula is C51H57F10N9O7. The number of aromatic nitrogens is 3. The molecule has 2 aliphatic rings. The molecule has 2 unspecified atom stereocenters. The quantitative estimate of drug-likeness (QED) is 0.0281. The van der Waals surface area contributed by atoms with E-state index < -0.39 is 121 Å². The highest BCUT2D eigenvalue weighted by atomic mass is 19.4. The van der Waals surface area contributed by atoms with Crippen molar-refractivity contribution in [1.29, 1.82) is 0 Å². The number of aliphatic hydroxyl groups excluding tert-OH is 1. The summed E-state index contributed by atoms with van der Waals surface area (Å²) in [6.45, 7) is -1.27. The third-order valence-corrected chi connectivity index (χ3v) is 13.8. The summed E-state index contributed by atoms with van der Waals surface area (Å²) in [6.07, 6.45) is -10.9. The number of methoxy groups -OCH3 is 2. The zero-order valence-corrected chi connectivity index (χ0v) is 42.5. The molecule has 2 aromatic heterocycles. The molecule has 4 heterocycles. The highest BCUT2D eigenvalue weighted by molar-refractivity contribution is 5.87. The highest BCUT2D eigenvalue weighted by Crippen LogP contribution is 2.45. The lowest BCUT2D eigenvalue weighted by Crippen LogP contribution is -2.62. The van der Waals surface area contributed by atoms with E-state index in [1.165, 1.54) is 12.1 Å². The number of ether oxygens (including phenoxy) is 2. The van der Waals surface area contributed by atoms with Crippen LogP contribution in [-0.4, -0.2) is 125 Å². The number of anilines is 1. The maximum absolute atomic E-state index is 16.0. The van der Waals surface area contributed by atoms with Crippen molar-refractivity contribution in [2.45, 2.75) is 109 Å². The van der Waals surface area contributed by atoms with Gasteiger partial charge in [-0.05, 0) is 81.1 Å². The van der Waals surface area contributed by atoms with Gasteiger partial charge < -0.3 is 35.4 Å². The molecule has 6 rings (SSSR count). The van der Waals surface area contributed by atoms with Gasteiger partial charge in [0.1, 0.15) is 23.5 Å². The van der Waals surface area contributed by atoms with Gasteiger partial charge in [-0.2, -0.15) is 40.2 Å². The number of alkyl halides is 8. The average molecular weight is 1100 g/mol. The standard InChI is InChI=1S/C51H57F10N9O7/c1-48(2,50(56,57)58)35(22-42(72)76-5)44(73)67-69(26-34-36(52)20-31(21-37(34)53)38-17-18-70(66-38)46(54)55)27-40(71)39(64-45(74)43(65-47(75)77-6)49(3,4)51(59,60)61)19-29-10-7-28(8-11-29)9-12-30-13-16-41(62-23-30)68-24-32-14-15-33(25-68)63-32/h7-8,10-11,13,16-18,20-21,23,32-33,35,39-40,43,46,63,71H,14-15,19,22,24-27H2,1-6H3,(H,64,74)(H,65,75)(H,67,73)/t32?,33?,35-,39+,40+,43-/m1/s1. The van der Waals surface area contributed by atoms with Crippen LogP contribution < -0.4 is 26.3 Å². The van der Waals surface area contributed by atoms with Gasteiger partial charge >= 0.3 is 31.0 Å². The van der Waals surface area contributed by atoms with Crippen molar-refractivity contribution in [1.82, 2.24) is 41.1 Å². The average Bonchev–Trinajstić information content (AvgIpc) is 4.00. The fourth-order valence-corrected chi connectivity index (χ4v) is 8.77. The number of nitrogens with one attached hydrogen (secondary N) is 4. The fraction of sp³-hybridized carbons (Fsp3) is 0.490. The first kappa shape index (κ1) is 59.3. The van der Waals surface area contributed by atoms with E-state index in [0.29, 0.717) is 68.0 Å². The molecule has 0 radical (unpaired) electrons. The second-order valence-corrected chi connectivity index (χ2v) is 19.9. The molecule has 6 atom stereocenters. The van der Waals surface area contributed by atoms with Gasteiger partial charge in [-0.15, -0.1) is 0 Å². The molecule has 3 amide bonds. The van der Waals surface area contributed by atoms with Gasteiger partial charge in [-0.1, -0.05) is 37.8 Å². The zero-order valence-electron chi connectivity index (χ0n) is 42.5. The van der Waals surface area contributed by atoms with Gasteiger partial charge in [0.15, 0.2) is 0 Å². The Kier molecular flexibility index (Phi) is 18.6. The van der Waals surface area contributed by atoms with Gasteiger partial charge in [0.2, 0.25) is 11.8 Å². The Labute approximate surface area is 436 Å². The number of nitrogens with zero attached hydrogens (tertiary/aromatic N) is 5. The Hall–Kier alpha value is -6.98. The van der Waals surface area contributed by atoms with Crippen LogP contribution in [0.3, 0.4) is 0 Å². The van der Waals surface area contributed by atoms with E-state index in [9.17, 15) is 59.4 Å². The number of carbonyl (C=O) groups excluding carboxylic acids is 4. The lowest BCUT2D eigenvalue weighted by Gasteiger charge is -2.38. The number of carbonyl (C=O) groups is 4. The van der Waals surface area contributed by atoms with Crippen LogP contribution in [0.2, 0.25) is 0 Å². The number of rotatable bonds is 19. The summed E-state index contributed by atoms with van der Waals surface area (Å²) in [5.41, 5.74) is -4.17. The molecule has 2 aliphatic heterocycles. The number of pyridine rings is 1. The predicted molar refractivity (Wildman–Crippen MR) is 257 cm³/mol. The fourth-order valence-electron chi connectivity index (χ4n) is 8.77. The number of aliphatic hydroxyl groups is 1. The van der Waals surface area contributed by atoms with Crippen LogP contribution in [-0.2, 0) is 36.8 Å². The first-order valence-electron chi connectivity index (χ1n) is 24.0. The van der Waals surface area contributed by atoms with Crippen molar-refractivity contribution in [2.75, 3.05) is 38.8 Å². The van der Waals surface area contributed by atoms with E-state index in [-0.39, 0.29) is 21.5 Å². The Morgan fingerprint density at radius 3 is 1.96 bits per heavy atom. The van der Waals surface area contributed by atoms with Crippen LogP contribution in [0.15, 0.2) is 67.0 Å². The van der Waals surface area contributed by atoms with E-state index in [2.05, 4.69) is 52.4 Å². The largest absolute Gasteiger partial charge is 0.469 e. The molecule has 4 aromatic rings. The van der Waals surface area contributed by atoms with Crippen molar-refractivity contribution in [3.05, 3.63) is 101 Å². The third-order valence-electron chi connectivity index (χ3n) is 13.8. The minimum absolute atomic E-state index is 0.204. The molecular weight excluding hydrogens is 1040 g/mol. The number of esters is 1. The monoisotopic (exact) mass is 1100 g/mol. The highest BCUT2D eigenvalue weighted by Gasteiger charge is 2.57. The van der Waals surface area contributed by atoms with Gasteiger partial charge in [-0.25, -0.2) is 28.3 Å². The molecule has 2 fully saturated rings. The number of hydrogen-bond donors (Lipinski definition) is 5. The van der Waals surface area contributed by atoms with E-state index in [1.807, 2.05) is 17.4 Å². The molecule has 0 aliphatic carbocycles. The lowest BCUT2D eigenvalue weighted by atomic mass is 9.75. The number of fused-ring (bicyclic) bond motifs is 2. The maximum Gasteiger partial charge on any atom is 0.407 e. The molecule has 2 bridgehead atoms. The molecule has 77 heavy (non-hydrogen) atoms. The summed E-state index contributed by atoms with van der Waals surface area (Å²) in [4.78, 5) is 59.7. The number of hydrogen-bond acceptors (Lipinski definition) is 12. The second kappa shape index (κ2) is 24.1. The van der Waals surface area contributed by atoms with Gasteiger partial charge in [0, 0.05) is 72.9 Å².